The molecule has 0 aliphatic heterocycles. The molecule has 21 heavy (non-hydrogen) atoms. The molecule has 1 aliphatic rings. The Morgan fingerprint density at radius 3 is 2.62 bits per heavy atom. The van der Waals surface area contributed by atoms with Gasteiger partial charge in [-0.25, -0.2) is 9.59 Å². The number of carboxylic acid groups (broad SMARTS) is 1. The van der Waals surface area contributed by atoms with Crippen molar-refractivity contribution < 1.29 is 19.8 Å². The van der Waals surface area contributed by atoms with Crippen molar-refractivity contribution in [3.8, 4) is 0 Å². The van der Waals surface area contributed by atoms with Crippen molar-refractivity contribution in [3.63, 3.8) is 0 Å². The maximum absolute atomic E-state index is 12.3. The molecule has 1 aromatic rings. The monoisotopic (exact) mass is 312 g/mol. The average molecular weight is 313 g/mol. The summed E-state index contributed by atoms with van der Waals surface area (Å²) in [5.74, 6) is -1.14. The highest BCUT2D eigenvalue weighted by Gasteiger charge is 2.29. The maximum Gasteiger partial charge on any atom is 0.337 e. The number of nitrogens with one attached hydrogen (secondary N) is 1. The molecule has 1 fully saturated rings. The fourth-order valence-electron chi connectivity index (χ4n) is 2.25. The Balaban J connectivity index is 2.17. The number of urea groups is 1. The van der Waals surface area contributed by atoms with Crippen LogP contribution in [-0.4, -0.2) is 46.3 Å². The van der Waals surface area contributed by atoms with E-state index in [0.717, 1.165) is 19.3 Å². The molecule has 1 aromatic carbocycles. The molecule has 0 bridgehead atoms. The number of nitrogens with zero attached hydrogens (tertiary/aromatic N) is 1. The largest absolute Gasteiger partial charge is 0.478 e. The van der Waals surface area contributed by atoms with Crippen LogP contribution in [0.25, 0.3) is 0 Å². The van der Waals surface area contributed by atoms with E-state index in [1.54, 1.807) is 0 Å². The Morgan fingerprint density at radius 1 is 1.38 bits per heavy atom. The number of aliphatic hydroxyl groups excluding tert-OH is 1. The van der Waals surface area contributed by atoms with Gasteiger partial charge in [-0.05, 0) is 37.5 Å². The highest BCUT2D eigenvalue weighted by atomic mass is 35.5. The zero-order valence-electron chi connectivity index (χ0n) is 11.4. The first-order valence-electron chi connectivity index (χ1n) is 6.74. The summed E-state index contributed by atoms with van der Waals surface area (Å²) in [6, 6.07) is 3.89. The Hall–Kier alpha value is -1.79. The van der Waals surface area contributed by atoms with Crippen molar-refractivity contribution in [1.29, 1.82) is 0 Å². The van der Waals surface area contributed by atoms with Crippen LogP contribution >= 0.6 is 11.6 Å². The minimum atomic E-state index is -1.14. The van der Waals surface area contributed by atoms with Crippen LogP contribution in [0.2, 0.25) is 5.02 Å². The van der Waals surface area contributed by atoms with Crippen molar-refractivity contribution in [2.24, 2.45) is 0 Å². The number of rotatable bonds is 5. The van der Waals surface area contributed by atoms with E-state index in [-0.39, 0.29) is 30.4 Å². The number of aromatic carboxylic acids is 1. The molecule has 1 saturated carbocycles. The topological polar surface area (TPSA) is 89.9 Å². The van der Waals surface area contributed by atoms with Gasteiger partial charge in [0.2, 0.25) is 0 Å². The highest BCUT2D eigenvalue weighted by Crippen LogP contribution is 2.26. The second kappa shape index (κ2) is 6.78. The third-order valence-corrected chi connectivity index (χ3v) is 3.81. The van der Waals surface area contributed by atoms with Gasteiger partial charge in [0.25, 0.3) is 0 Å². The van der Waals surface area contributed by atoms with Gasteiger partial charge in [0, 0.05) is 17.6 Å². The van der Waals surface area contributed by atoms with E-state index in [4.69, 9.17) is 21.8 Å². The van der Waals surface area contributed by atoms with Crippen molar-refractivity contribution in [2.45, 2.75) is 25.3 Å². The summed E-state index contributed by atoms with van der Waals surface area (Å²) in [4.78, 5) is 25.0. The number of amides is 2. The summed E-state index contributed by atoms with van der Waals surface area (Å²) in [5.41, 5.74) is 0.132. The molecule has 0 saturated heterocycles. The lowest BCUT2D eigenvalue weighted by Gasteiger charge is -2.37. The number of carbonyl (C=O) groups is 2. The molecule has 2 rings (SSSR count). The molecule has 2 amide bonds. The molecular weight excluding hydrogens is 296 g/mol. The van der Waals surface area contributed by atoms with Gasteiger partial charge in [-0.3, -0.25) is 0 Å². The summed E-state index contributed by atoms with van der Waals surface area (Å²) < 4.78 is 0. The van der Waals surface area contributed by atoms with Crippen LogP contribution < -0.4 is 5.32 Å². The second-order valence-electron chi connectivity index (χ2n) is 4.93. The van der Waals surface area contributed by atoms with Gasteiger partial charge in [0.05, 0.1) is 17.9 Å². The van der Waals surface area contributed by atoms with Gasteiger partial charge in [-0.2, -0.15) is 0 Å². The first-order chi connectivity index (χ1) is 10.0. The summed E-state index contributed by atoms with van der Waals surface area (Å²) in [7, 11) is 0. The zero-order chi connectivity index (χ0) is 15.4. The lowest BCUT2D eigenvalue weighted by atomic mass is 9.91. The molecule has 7 heteroatoms. The van der Waals surface area contributed by atoms with E-state index in [1.165, 1.54) is 23.1 Å². The lowest BCUT2D eigenvalue weighted by molar-refractivity contribution is 0.0698. The Kier molecular flexibility index (Phi) is 5.03. The van der Waals surface area contributed by atoms with Crippen LogP contribution in [-0.2, 0) is 0 Å². The molecule has 0 spiro atoms. The van der Waals surface area contributed by atoms with E-state index in [0.29, 0.717) is 5.02 Å². The van der Waals surface area contributed by atoms with Crippen LogP contribution in [0.4, 0.5) is 10.5 Å². The molecule has 6 nitrogen and oxygen atoms in total. The molecular formula is C14H17ClN2O4. The minimum absolute atomic E-state index is 0.0229. The number of carboxylic acids is 1. The number of benzene rings is 1. The molecule has 3 N–H and O–H groups in total. The van der Waals surface area contributed by atoms with Gasteiger partial charge in [-0.1, -0.05) is 11.6 Å². The van der Waals surface area contributed by atoms with E-state index < -0.39 is 12.0 Å². The Labute approximate surface area is 127 Å². The number of aliphatic hydroxyl groups is 1. The standard InChI is InChI=1S/C14H17ClN2O4/c15-9-4-5-11(13(19)20)12(8-9)16-14(21)17(6-7-18)10-2-1-3-10/h4-5,8,10,18H,1-3,6-7H2,(H,16,21)(H,19,20). The van der Waals surface area contributed by atoms with E-state index in [2.05, 4.69) is 5.32 Å². The quantitative estimate of drug-likeness (QED) is 0.779. The van der Waals surface area contributed by atoms with E-state index in [9.17, 15) is 9.59 Å². The average Bonchev–Trinajstić information content (AvgIpc) is 2.35. The third kappa shape index (κ3) is 3.65. The van der Waals surface area contributed by atoms with Crippen molar-refractivity contribution >= 4 is 29.3 Å². The summed E-state index contributed by atoms with van der Waals surface area (Å²) in [6.45, 7) is 0.0880. The smallest absolute Gasteiger partial charge is 0.337 e. The van der Waals surface area contributed by atoms with Gasteiger partial charge in [0.15, 0.2) is 0 Å². The van der Waals surface area contributed by atoms with Crippen LogP contribution in [0.1, 0.15) is 29.6 Å². The summed E-state index contributed by atoms with van der Waals surface area (Å²) in [5, 5.41) is 21.1. The molecule has 1 aliphatic carbocycles. The van der Waals surface area contributed by atoms with E-state index >= 15 is 0 Å². The van der Waals surface area contributed by atoms with Crippen molar-refractivity contribution in [1.82, 2.24) is 4.90 Å². The predicted octanol–water partition coefficient (Wildman–Crippen LogP) is 2.42. The van der Waals surface area contributed by atoms with Gasteiger partial charge < -0.3 is 20.4 Å². The first-order valence-corrected chi connectivity index (χ1v) is 7.12. The molecule has 0 radical (unpaired) electrons. The fraction of sp³-hybridized carbons (Fsp3) is 0.429. The number of hydrogen-bond donors (Lipinski definition) is 3. The maximum atomic E-state index is 12.3. The van der Waals surface area contributed by atoms with Crippen LogP contribution in [0.5, 0.6) is 0 Å². The van der Waals surface area contributed by atoms with Gasteiger partial charge >= 0.3 is 12.0 Å². The molecule has 114 valence electrons. The summed E-state index contributed by atoms with van der Waals surface area (Å²) in [6.07, 6.45) is 2.85. The van der Waals surface area contributed by atoms with E-state index in [1.807, 2.05) is 0 Å². The van der Waals surface area contributed by atoms with Crippen LogP contribution in [0.3, 0.4) is 0 Å². The number of hydrogen-bond acceptors (Lipinski definition) is 3. The van der Waals surface area contributed by atoms with Crippen LogP contribution in [0.15, 0.2) is 18.2 Å². The summed E-state index contributed by atoms with van der Waals surface area (Å²) >= 11 is 5.85. The van der Waals surface area contributed by atoms with Crippen LogP contribution in [0, 0.1) is 0 Å². The lowest BCUT2D eigenvalue weighted by Crippen LogP contribution is -2.47. The molecule has 0 aromatic heterocycles. The zero-order valence-corrected chi connectivity index (χ0v) is 12.1. The number of anilines is 1. The molecule has 0 atom stereocenters. The Morgan fingerprint density at radius 2 is 2.10 bits per heavy atom. The van der Waals surface area contributed by atoms with Crippen molar-refractivity contribution in [3.05, 3.63) is 28.8 Å². The third-order valence-electron chi connectivity index (χ3n) is 3.57. The van der Waals surface area contributed by atoms with Crippen molar-refractivity contribution in [2.75, 3.05) is 18.5 Å². The molecule has 0 heterocycles. The number of carbonyl (C=O) groups excluding carboxylic acids is 1. The van der Waals surface area contributed by atoms with Gasteiger partial charge in [0.1, 0.15) is 0 Å². The highest BCUT2D eigenvalue weighted by molar-refractivity contribution is 6.31. The SMILES string of the molecule is O=C(O)c1ccc(Cl)cc1NC(=O)N(CCO)C1CCC1. The predicted molar refractivity (Wildman–Crippen MR) is 78.9 cm³/mol. The second-order valence-corrected chi connectivity index (χ2v) is 5.36. The minimum Gasteiger partial charge on any atom is -0.478 e. The first kappa shape index (κ1) is 15.6. The fourth-order valence-corrected chi connectivity index (χ4v) is 2.42. The normalized spacial score (nSPS) is 14.4. The molecule has 0 unspecified atom stereocenters. The number of halogens is 1. The van der Waals surface area contributed by atoms with Gasteiger partial charge in [-0.15, -0.1) is 0 Å². The Bertz CT molecular complexity index is 546.